The van der Waals surface area contributed by atoms with Gasteiger partial charge in [-0.25, -0.2) is 8.42 Å². The third-order valence-corrected chi connectivity index (χ3v) is 9.27. The van der Waals surface area contributed by atoms with Crippen molar-refractivity contribution in [3.8, 4) is 0 Å². The molecule has 0 aromatic carbocycles. The molecule has 2 aliphatic carbocycles. The molecule has 1 aromatic rings. The fourth-order valence-corrected chi connectivity index (χ4v) is 7.26. The lowest BCUT2D eigenvalue weighted by Crippen LogP contribution is -2.50. The van der Waals surface area contributed by atoms with Crippen molar-refractivity contribution in [2.45, 2.75) is 36.3 Å². The normalized spacial score (nSPS) is 30.8. The first-order chi connectivity index (χ1) is 11.5. The summed E-state index contributed by atoms with van der Waals surface area (Å²) in [6, 6.07) is 3.40. The maximum atomic E-state index is 12.6. The second kappa shape index (κ2) is 6.42. The lowest BCUT2D eigenvalue weighted by atomic mass is 9.86. The molecule has 3 atom stereocenters. The number of rotatable bonds is 4. The van der Waals surface area contributed by atoms with Crippen molar-refractivity contribution in [3.63, 3.8) is 0 Å². The molecule has 0 N–H and O–H groups in total. The molecule has 3 aliphatic rings. The van der Waals surface area contributed by atoms with E-state index in [4.69, 9.17) is 0 Å². The van der Waals surface area contributed by atoms with E-state index in [2.05, 4.69) is 0 Å². The first-order valence-electron chi connectivity index (χ1n) is 8.85. The van der Waals surface area contributed by atoms with Crippen LogP contribution in [0, 0.1) is 17.8 Å². The zero-order chi connectivity index (χ0) is 16.7. The Kier molecular flexibility index (Phi) is 4.43. The van der Waals surface area contributed by atoms with Gasteiger partial charge in [-0.05, 0) is 48.5 Å². The van der Waals surface area contributed by atoms with E-state index in [1.807, 2.05) is 4.90 Å². The van der Waals surface area contributed by atoms with E-state index >= 15 is 0 Å². The molecule has 3 fully saturated rings. The van der Waals surface area contributed by atoms with Gasteiger partial charge >= 0.3 is 0 Å². The van der Waals surface area contributed by atoms with Crippen molar-refractivity contribution in [2.75, 3.05) is 26.2 Å². The summed E-state index contributed by atoms with van der Waals surface area (Å²) in [7, 11) is -3.38. The van der Waals surface area contributed by atoms with Gasteiger partial charge in [0.15, 0.2) is 0 Å². The molecule has 4 rings (SSSR count). The Hall–Kier alpha value is -0.920. The Morgan fingerprint density at radius 2 is 1.96 bits per heavy atom. The highest BCUT2D eigenvalue weighted by atomic mass is 32.2. The number of carbonyl (C=O) groups is 1. The van der Waals surface area contributed by atoms with Crippen LogP contribution in [0.1, 0.15) is 32.1 Å². The smallest absolute Gasteiger partial charge is 0.252 e. The van der Waals surface area contributed by atoms with E-state index in [0.29, 0.717) is 42.7 Å². The molecule has 132 valence electrons. The zero-order valence-electron chi connectivity index (χ0n) is 13.8. The number of fused-ring (bicyclic) bond motifs is 2. The molecule has 7 heteroatoms. The minimum absolute atomic E-state index is 0.223. The van der Waals surface area contributed by atoms with Crippen molar-refractivity contribution in [1.29, 1.82) is 0 Å². The maximum absolute atomic E-state index is 12.6. The summed E-state index contributed by atoms with van der Waals surface area (Å²) < 4.78 is 27.0. The van der Waals surface area contributed by atoms with Crippen LogP contribution in [0.3, 0.4) is 0 Å². The minimum atomic E-state index is -3.38. The summed E-state index contributed by atoms with van der Waals surface area (Å²) in [6.07, 6.45) is 5.87. The Balaban J connectivity index is 1.32. The topological polar surface area (TPSA) is 57.7 Å². The van der Waals surface area contributed by atoms with Crippen molar-refractivity contribution < 1.29 is 13.2 Å². The summed E-state index contributed by atoms with van der Waals surface area (Å²) in [6.45, 7) is 1.85. The lowest BCUT2D eigenvalue weighted by Gasteiger charge is -2.34. The number of nitrogens with zero attached hydrogens (tertiary/aromatic N) is 2. The molecule has 1 saturated heterocycles. The van der Waals surface area contributed by atoms with Gasteiger partial charge < -0.3 is 4.90 Å². The predicted molar refractivity (Wildman–Crippen MR) is 93.2 cm³/mol. The first kappa shape index (κ1) is 16.5. The van der Waals surface area contributed by atoms with Crippen molar-refractivity contribution in [2.24, 2.45) is 17.8 Å². The number of carbonyl (C=O) groups excluding carboxylic acids is 1. The molecule has 0 radical (unpaired) electrons. The van der Waals surface area contributed by atoms with Gasteiger partial charge in [0.1, 0.15) is 4.21 Å². The van der Waals surface area contributed by atoms with Gasteiger partial charge in [0.05, 0.1) is 0 Å². The third-order valence-electron chi connectivity index (χ3n) is 6.00. The standard InChI is InChI=1S/C17H24N2O3S2/c20-16(12-15-11-13-3-4-14(15)10-13)18-5-7-19(8-6-18)24(21,22)17-2-1-9-23-17/h1-2,9,13-15H,3-8,10-12H2/t13-,14+,15-/m0/s1. The van der Waals surface area contributed by atoms with Crippen LogP contribution in [-0.2, 0) is 14.8 Å². The van der Waals surface area contributed by atoms with Crippen molar-refractivity contribution in [1.82, 2.24) is 9.21 Å². The van der Waals surface area contributed by atoms with Crippen molar-refractivity contribution in [3.05, 3.63) is 17.5 Å². The van der Waals surface area contributed by atoms with Crippen molar-refractivity contribution >= 4 is 27.3 Å². The van der Waals surface area contributed by atoms with Crippen LogP contribution in [0.5, 0.6) is 0 Å². The second-order valence-corrected chi connectivity index (χ2v) is 10.5. The fourth-order valence-electron chi connectivity index (χ4n) is 4.70. The molecule has 2 heterocycles. The van der Waals surface area contributed by atoms with E-state index in [1.165, 1.54) is 41.3 Å². The van der Waals surface area contributed by atoms with Crippen LogP contribution in [-0.4, -0.2) is 49.7 Å². The van der Waals surface area contributed by atoms with Gasteiger partial charge in [0.25, 0.3) is 10.0 Å². The highest BCUT2D eigenvalue weighted by Crippen LogP contribution is 2.49. The van der Waals surface area contributed by atoms with E-state index in [1.54, 1.807) is 17.5 Å². The van der Waals surface area contributed by atoms with Gasteiger partial charge in [0.2, 0.25) is 5.91 Å². The van der Waals surface area contributed by atoms with E-state index in [0.717, 1.165) is 11.8 Å². The summed E-state index contributed by atoms with van der Waals surface area (Å²) in [5, 5.41) is 1.78. The van der Waals surface area contributed by atoms with Crippen LogP contribution in [0.15, 0.2) is 21.7 Å². The summed E-state index contributed by atoms with van der Waals surface area (Å²) in [4.78, 5) is 14.4. The van der Waals surface area contributed by atoms with Gasteiger partial charge in [-0.2, -0.15) is 4.31 Å². The van der Waals surface area contributed by atoms with Crippen LogP contribution in [0.2, 0.25) is 0 Å². The molecule has 1 aliphatic heterocycles. The Bertz CT molecular complexity index is 693. The highest BCUT2D eigenvalue weighted by Gasteiger charge is 2.41. The van der Waals surface area contributed by atoms with E-state index in [9.17, 15) is 13.2 Å². The fraction of sp³-hybridized carbons (Fsp3) is 0.706. The Morgan fingerprint density at radius 3 is 2.54 bits per heavy atom. The van der Waals surface area contributed by atoms with Gasteiger partial charge in [-0.1, -0.05) is 12.5 Å². The van der Waals surface area contributed by atoms with Gasteiger partial charge in [0, 0.05) is 32.6 Å². The van der Waals surface area contributed by atoms with Gasteiger partial charge in [-0.3, -0.25) is 4.79 Å². The molecule has 0 spiro atoms. The minimum Gasteiger partial charge on any atom is -0.340 e. The maximum Gasteiger partial charge on any atom is 0.252 e. The summed E-state index contributed by atoms with van der Waals surface area (Å²) in [5.74, 6) is 2.42. The van der Waals surface area contributed by atoms with Crippen LogP contribution >= 0.6 is 11.3 Å². The number of hydrogen-bond acceptors (Lipinski definition) is 4. The number of hydrogen-bond donors (Lipinski definition) is 0. The molecular formula is C17H24N2O3S2. The first-order valence-corrected chi connectivity index (χ1v) is 11.2. The number of piperazine rings is 1. The zero-order valence-corrected chi connectivity index (χ0v) is 15.4. The average molecular weight is 369 g/mol. The summed E-state index contributed by atoms with van der Waals surface area (Å²) in [5.41, 5.74) is 0. The number of amides is 1. The largest absolute Gasteiger partial charge is 0.340 e. The third kappa shape index (κ3) is 3.02. The number of sulfonamides is 1. The molecule has 5 nitrogen and oxygen atoms in total. The van der Waals surface area contributed by atoms with E-state index in [-0.39, 0.29) is 5.91 Å². The highest BCUT2D eigenvalue weighted by molar-refractivity contribution is 7.91. The monoisotopic (exact) mass is 368 g/mol. The molecular weight excluding hydrogens is 344 g/mol. The molecule has 1 aromatic heterocycles. The van der Waals surface area contributed by atoms with Gasteiger partial charge in [-0.15, -0.1) is 11.3 Å². The predicted octanol–water partition coefficient (Wildman–Crippen LogP) is 2.41. The van der Waals surface area contributed by atoms with E-state index < -0.39 is 10.0 Å². The molecule has 24 heavy (non-hydrogen) atoms. The SMILES string of the molecule is O=C(C[C@@H]1C[C@H]2CC[C@@H]1C2)N1CCN(S(=O)(=O)c2cccs2)CC1. The van der Waals surface area contributed by atoms with Crippen LogP contribution in [0.4, 0.5) is 0 Å². The lowest BCUT2D eigenvalue weighted by molar-refractivity contribution is -0.133. The molecule has 0 unspecified atom stereocenters. The Labute approximate surface area is 147 Å². The van der Waals surface area contributed by atoms with Crippen LogP contribution in [0.25, 0.3) is 0 Å². The molecule has 2 saturated carbocycles. The second-order valence-electron chi connectivity index (χ2n) is 7.36. The molecule has 1 amide bonds. The molecule has 2 bridgehead atoms. The number of thiophene rings is 1. The average Bonchev–Trinajstić information content (AvgIpc) is 3.32. The quantitative estimate of drug-likeness (QED) is 0.820. The van der Waals surface area contributed by atoms with Crippen LogP contribution < -0.4 is 0 Å². The Morgan fingerprint density at radius 1 is 1.17 bits per heavy atom. The summed E-state index contributed by atoms with van der Waals surface area (Å²) >= 11 is 1.25.